The molecule has 0 spiro atoms. The minimum absolute atomic E-state index is 0.155. The molecule has 0 aliphatic carbocycles. The summed E-state index contributed by atoms with van der Waals surface area (Å²) in [5, 5.41) is 3.84. The number of aromatic nitrogens is 1. The van der Waals surface area contributed by atoms with Crippen LogP contribution in [-0.2, 0) is 4.79 Å². The van der Waals surface area contributed by atoms with Crippen molar-refractivity contribution in [2.24, 2.45) is 0 Å². The zero-order chi connectivity index (χ0) is 20.1. The van der Waals surface area contributed by atoms with Gasteiger partial charge < -0.3 is 9.73 Å². The Morgan fingerprint density at radius 3 is 2.31 bits per heavy atom. The molecule has 1 heterocycles. The predicted molar refractivity (Wildman–Crippen MR) is 118 cm³/mol. The number of oxazole rings is 1. The lowest BCUT2D eigenvalue weighted by Gasteiger charge is -2.04. The van der Waals surface area contributed by atoms with Crippen molar-refractivity contribution in [3.05, 3.63) is 90.0 Å². The summed E-state index contributed by atoms with van der Waals surface area (Å²) < 4.78 is 6.03. The molecule has 144 valence electrons. The Morgan fingerprint density at radius 1 is 0.931 bits per heavy atom. The van der Waals surface area contributed by atoms with Crippen molar-refractivity contribution < 1.29 is 9.21 Å². The molecule has 3 aromatic carbocycles. The average Bonchev–Trinajstić information content (AvgIpc) is 3.18. The Bertz CT molecular complexity index is 1060. The zero-order valence-electron chi connectivity index (χ0n) is 15.3. The number of carbonyl (C=O) groups excluding carboxylic acids is 1. The molecule has 4 rings (SSSR count). The number of amides is 1. The summed E-state index contributed by atoms with van der Waals surface area (Å²) in [6, 6.07) is 26.7. The molecule has 4 aromatic rings. The van der Waals surface area contributed by atoms with Gasteiger partial charge in [0.05, 0.1) is 5.75 Å². The van der Waals surface area contributed by atoms with Gasteiger partial charge in [0.15, 0.2) is 5.76 Å². The van der Waals surface area contributed by atoms with E-state index in [4.69, 9.17) is 16.0 Å². The van der Waals surface area contributed by atoms with Gasteiger partial charge in [0.2, 0.25) is 5.91 Å². The van der Waals surface area contributed by atoms with Crippen molar-refractivity contribution >= 4 is 35.0 Å². The molecule has 6 heteroatoms. The van der Waals surface area contributed by atoms with Crippen LogP contribution in [0.1, 0.15) is 0 Å². The number of hydrogen-bond donors (Lipinski definition) is 1. The SMILES string of the molecule is O=C(CSc1nc(-c2ccccc2)c(-c2ccccc2)o1)Nc1cccc(Cl)c1. The first-order chi connectivity index (χ1) is 14.2. The van der Waals surface area contributed by atoms with Crippen LogP contribution in [0.5, 0.6) is 0 Å². The Morgan fingerprint density at radius 2 is 1.62 bits per heavy atom. The molecular formula is C23H17ClN2O2S. The molecule has 0 unspecified atom stereocenters. The summed E-state index contributed by atoms with van der Waals surface area (Å²) >= 11 is 7.21. The van der Waals surface area contributed by atoms with Crippen LogP contribution in [0.25, 0.3) is 22.6 Å². The van der Waals surface area contributed by atoms with Crippen LogP contribution in [-0.4, -0.2) is 16.6 Å². The van der Waals surface area contributed by atoms with Crippen LogP contribution in [0.15, 0.2) is 94.6 Å². The van der Waals surface area contributed by atoms with Crippen LogP contribution < -0.4 is 5.32 Å². The number of nitrogens with one attached hydrogen (secondary N) is 1. The van der Waals surface area contributed by atoms with E-state index in [1.54, 1.807) is 24.3 Å². The summed E-state index contributed by atoms with van der Waals surface area (Å²) in [6.07, 6.45) is 0. The van der Waals surface area contributed by atoms with Crippen LogP contribution in [0.4, 0.5) is 5.69 Å². The van der Waals surface area contributed by atoms with Crippen molar-refractivity contribution in [2.45, 2.75) is 5.22 Å². The van der Waals surface area contributed by atoms with Gasteiger partial charge in [0.1, 0.15) is 5.69 Å². The predicted octanol–water partition coefficient (Wildman–Crippen LogP) is 6.39. The van der Waals surface area contributed by atoms with Gasteiger partial charge in [-0.3, -0.25) is 4.79 Å². The van der Waals surface area contributed by atoms with E-state index in [1.807, 2.05) is 60.7 Å². The minimum atomic E-state index is -0.155. The van der Waals surface area contributed by atoms with E-state index in [0.717, 1.165) is 16.8 Å². The zero-order valence-corrected chi connectivity index (χ0v) is 16.9. The lowest BCUT2D eigenvalue weighted by Crippen LogP contribution is -2.13. The van der Waals surface area contributed by atoms with Crippen LogP contribution in [0.2, 0.25) is 5.02 Å². The van der Waals surface area contributed by atoms with Crippen LogP contribution in [0, 0.1) is 0 Å². The highest BCUT2D eigenvalue weighted by Crippen LogP contribution is 2.35. The van der Waals surface area contributed by atoms with E-state index in [-0.39, 0.29) is 11.7 Å². The number of thioether (sulfide) groups is 1. The molecule has 0 radical (unpaired) electrons. The maximum atomic E-state index is 12.3. The number of benzene rings is 3. The molecule has 0 atom stereocenters. The van der Waals surface area contributed by atoms with Gasteiger partial charge in [-0.15, -0.1) is 0 Å². The van der Waals surface area contributed by atoms with Crippen molar-refractivity contribution in [1.82, 2.24) is 4.98 Å². The maximum Gasteiger partial charge on any atom is 0.257 e. The average molecular weight is 421 g/mol. The Hall–Kier alpha value is -3.02. The standard InChI is InChI=1S/C23H17ClN2O2S/c24-18-12-7-13-19(14-18)25-20(27)15-29-23-26-21(16-8-3-1-4-9-16)22(28-23)17-10-5-2-6-11-17/h1-14H,15H2,(H,25,27). The van der Waals surface area contributed by atoms with Gasteiger partial charge in [0, 0.05) is 21.8 Å². The molecule has 0 aliphatic rings. The normalized spacial score (nSPS) is 10.7. The fraction of sp³-hybridized carbons (Fsp3) is 0.0435. The van der Waals surface area contributed by atoms with Crippen molar-refractivity contribution in [3.63, 3.8) is 0 Å². The van der Waals surface area contributed by atoms with Crippen molar-refractivity contribution in [3.8, 4) is 22.6 Å². The van der Waals surface area contributed by atoms with Crippen molar-refractivity contribution in [1.29, 1.82) is 0 Å². The van der Waals surface area contributed by atoms with Crippen molar-refractivity contribution in [2.75, 3.05) is 11.1 Å². The van der Waals surface area contributed by atoms with Crippen LogP contribution in [0.3, 0.4) is 0 Å². The largest absolute Gasteiger partial charge is 0.431 e. The van der Waals surface area contributed by atoms with E-state index >= 15 is 0 Å². The molecule has 29 heavy (non-hydrogen) atoms. The molecule has 0 fully saturated rings. The lowest BCUT2D eigenvalue weighted by atomic mass is 10.1. The number of halogens is 1. The van der Waals surface area contributed by atoms with Crippen LogP contribution >= 0.6 is 23.4 Å². The second-order valence-corrected chi connectivity index (χ2v) is 7.60. The van der Waals surface area contributed by atoms with Gasteiger partial charge in [-0.1, -0.05) is 90.1 Å². The molecule has 0 saturated carbocycles. The first kappa shape index (κ1) is 19.3. The highest BCUT2D eigenvalue weighted by molar-refractivity contribution is 7.99. The summed E-state index contributed by atoms with van der Waals surface area (Å²) in [6.45, 7) is 0. The number of hydrogen-bond acceptors (Lipinski definition) is 4. The molecule has 1 N–H and O–H groups in total. The third-order valence-corrected chi connectivity index (χ3v) is 5.19. The molecule has 0 aliphatic heterocycles. The van der Waals surface area contributed by atoms with Gasteiger partial charge >= 0.3 is 0 Å². The van der Waals surface area contributed by atoms with E-state index in [2.05, 4.69) is 10.3 Å². The van der Waals surface area contributed by atoms with Gasteiger partial charge in [-0.05, 0) is 18.2 Å². The highest BCUT2D eigenvalue weighted by Gasteiger charge is 2.18. The number of carbonyl (C=O) groups is 1. The summed E-state index contributed by atoms with van der Waals surface area (Å²) in [7, 11) is 0. The molecule has 0 bridgehead atoms. The second-order valence-electron chi connectivity index (χ2n) is 6.24. The first-order valence-electron chi connectivity index (χ1n) is 8.99. The van der Waals surface area contributed by atoms with Gasteiger partial charge in [0.25, 0.3) is 5.22 Å². The second kappa shape index (κ2) is 8.99. The first-order valence-corrected chi connectivity index (χ1v) is 10.4. The van der Waals surface area contributed by atoms with E-state index < -0.39 is 0 Å². The monoisotopic (exact) mass is 420 g/mol. The molecule has 4 nitrogen and oxygen atoms in total. The van der Waals surface area contributed by atoms with E-state index in [9.17, 15) is 4.79 Å². The third kappa shape index (κ3) is 4.88. The highest BCUT2D eigenvalue weighted by atomic mass is 35.5. The quantitative estimate of drug-likeness (QED) is 0.367. The molecule has 1 amide bonds. The fourth-order valence-corrected chi connectivity index (χ4v) is 3.64. The van der Waals surface area contributed by atoms with E-state index in [0.29, 0.717) is 21.7 Å². The summed E-state index contributed by atoms with van der Waals surface area (Å²) in [5.74, 6) is 0.711. The van der Waals surface area contributed by atoms with Gasteiger partial charge in [-0.25, -0.2) is 4.98 Å². The lowest BCUT2D eigenvalue weighted by molar-refractivity contribution is -0.113. The Balaban J connectivity index is 1.53. The molecule has 1 aromatic heterocycles. The molecular weight excluding hydrogens is 404 g/mol. The smallest absolute Gasteiger partial charge is 0.257 e. The number of nitrogens with zero attached hydrogens (tertiary/aromatic N) is 1. The Kier molecular flexibility index (Phi) is 5.98. The van der Waals surface area contributed by atoms with E-state index in [1.165, 1.54) is 11.8 Å². The third-order valence-electron chi connectivity index (χ3n) is 4.13. The fourth-order valence-electron chi connectivity index (χ4n) is 2.83. The Labute approximate surface area is 177 Å². The maximum absolute atomic E-state index is 12.3. The minimum Gasteiger partial charge on any atom is -0.431 e. The number of anilines is 1. The summed E-state index contributed by atoms with van der Waals surface area (Å²) in [4.78, 5) is 16.9. The topological polar surface area (TPSA) is 55.1 Å². The number of rotatable bonds is 6. The molecule has 0 saturated heterocycles. The van der Waals surface area contributed by atoms with Gasteiger partial charge in [-0.2, -0.15) is 0 Å². The summed E-state index contributed by atoms with van der Waals surface area (Å²) in [5.41, 5.74) is 3.32.